The van der Waals surface area contributed by atoms with Crippen molar-refractivity contribution in [3.05, 3.63) is 0 Å². The van der Waals surface area contributed by atoms with E-state index in [-0.39, 0.29) is 6.04 Å². The van der Waals surface area contributed by atoms with E-state index in [1.54, 1.807) is 0 Å². The summed E-state index contributed by atoms with van der Waals surface area (Å²) in [7, 11) is 0. The molecule has 0 aromatic heterocycles. The molecule has 64 valence electrons. The predicted octanol–water partition coefficient (Wildman–Crippen LogP) is 2.07. The predicted molar refractivity (Wildman–Crippen MR) is 47.2 cm³/mol. The molecule has 0 spiro atoms. The second kappa shape index (κ2) is 6.18. The van der Waals surface area contributed by atoms with Crippen LogP contribution in [0.2, 0.25) is 0 Å². The van der Waals surface area contributed by atoms with Gasteiger partial charge in [0, 0.05) is 6.04 Å². The molecule has 2 heteroatoms. The smallest absolute Gasteiger partial charge is 0.0954 e. The number of rotatable bonds is 5. The fourth-order valence-corrected chi connectivity index (χ4v) is 0.996. The maximum atomic E-state index is 8.69. The minimum absolute atomic E-state index is 0.0509. The van der Waals surface area contributed by atoms with Gasteiger partial charge >= 0.3 is 0 Å². The second-order valence-electron chi connectivity index (χ2n) is 3.15. The van der Waals surface area contributed by atoms with Crippen LogP contribution in [0.25, 0.3) is 0 Å². The first-order valence-electron chi connectivity index (χ1n) is 4.36. The molecule has 1 unspecified atom stereocenters. The molecule has 0 aliphatic carbocycles. The molecule has 11 heavy (non-hydrogen) atoms. The van der Waals surface area contributed by atoms with E-state index in [1.807, 2.05) is 0 Å². The van der Waals surface area contributed by atoms with Crippen LogP contribution < -0.4 is 5.32 Å². The Bertz CT molecular complexity index is 124. The normalized spacial score (nSPS) is 13.0. The average molecular weight is 154 g/mol. The number of hydrogen-bond acceptors (Lipinski definition) is 2. The van der Waals surface area contributed by atoms with E-state index < -0.39 is 0 Å². The van der Waals surface area contributed by atoms with Crippen LogP contribution in [0.4, 0.5) is 0 Å². The van der Waals surface area contributed by atoms with E-state index in [1.165, 1.54) is 0 Å². The van der Waals surface area contributed by atoms with Gasteiger partial charge in [0.15, 0.2) is 0 Å². The summed E-state index contributed by atoms with van der Waals surface area (Å²) in [6.07, 6.45) is 3.28. The topological polar surface area (TPSA) is 35.8 Å². The second-order valence-corrected chi connectivity index (χ2v) is 3.15. The summed E-state index contributed by atoms with van der Waals surface area (Å²) in [5.41, 5.74) is 0. The van der Waals surface area contributed by atoms with Crippen LogP contribution in [0.5, 0.6) is 0 Å². The van der Waals surface area contributed by atoms with Crippen molar-refractivity contribution in [3.8, 4) is 6.07 Å². The number of nitrogens with one attached hydrogen (secondary N) is 1. The molecular weight excluding hydrogens is 136 g/mol. The van der Waals surface area contributed by atoms with Gasteiger partial charge in [-0.2, -0.15) is 5.26 Å². The molecule has 0 aromatic carbocycles. The first-order valence-corrected chi connectivity index (χ1v) is 4.36. The van der Waals surface area contributed by atoms with Crippen molar-refractivity contribution >= 4 is 0 Å². The molecule has 0 bridgehead atoms. The van der Waals surface area contributed by atoms with Crippen LogP contribution in [0.3, 0.4) is 0 Å². The molecule has 0 amide bonds. The van der Waals surface area contributed by atoms with E-state index in [0.29, 0.717) is 6.04 Å². The molecule has 0 fully saturated rings. The number of hydrogen-bond donors (Lipinski definition) is 1. The van der Waals surface area contributed by atoms with Gasteiger partial charge < -0.3 is 0 Å². The summed E-state index contributed by atoms with van der Waals surface area (Å²) in [5, 5.41) is 11.9. The summed E-state index contributed by atoms with van der Waals surface area (Å²) >= 11 is 0. The van der Waals surface area contributed by atoms with Gasteiger partial charge in [-0.3, -0.25) is 5.32 Å². The van der Waals surface area contributed by atoms with Crippen molar-refractivity contribution in [1.82, 2.24) is 5.32 Å². The molecule has 0 heterocycles. The molecule has 0 saturated heterocycles. The maximum Gasteiger partial charge on any atom is 0.0954 e. The lowest BCUT2D eigenvalue weighted by atomic mass is 10.1. The highest BCUT2D eigenvalue weighted by molar-refractivity contribution is 4.90. The highest BCUT2D eigenvalue weighted by Gasteiger charge is 2.06. The lowest BCUT2D eigenvalue weighted by Crippen LogP contribution is -2.33. The number of nitrogens with zero attached hydrogens (tertiary/aromatic N) is 1. The third-order valence-electron chi connectivity index (χ3n) is 1.54. The summed E-state index contributed by atoms with van der Waals surface area (Å²) < 4.78 is 0. The minimum Gasteiger partial charge on any atom is -0.300 e. The number of nitriles is 1. The number of unbranched alkanes of at least 4 members (excludes halogenated alkanes) is 1. The van der Waals surface area contributed by atoms with Gasteiger partial charge in [-0.05, 0) is 20.3 Å². The monoisotopic (exact) mass is 154 g/mol. The molecule has 0 aliphatic rings. The Labute approximate surface area is 69.6 Å². The Morgan fingerprint density at radius 3 is 2.45 bits per heavy atom. The fraction of sp³-hybridized carbons (Fsp3) is 0.889. The van der Waals surface area contributed by atoms with E-state index in [0.717, 1.165) is 19.3 Å². The van der Waals surface area contributed by atoms with Crippen molar-refractivity contribution in [2.24, 2.45) is 0 Å². The zero-order valence-corrected chi connectivity index (χ0v) is 7.72. The quantitative estimate of drug-likeness (QED) is 0.658. The highest BCUT2D eigenvalue weighted by atomic mass is 14.9. The largest absolute Gasteiger partial charge is 0.300 e. The SMILES string of the molecule is CCCCC(C#N)NC(C)C. The van der Waals surface area contributed by atoms with E-state index in [4.69, 9.17) is 5.26 Å². The van der Waals surface area contributed by atoms with Crippen molar-refractivity contribution in [2.75, 3.05) is 0 Å². The molecule has 1 N–H and O–H groups in total. The van der Waals surface area contributed by atoms with Crippen LogP contribution in [-0.4, -0.2) is 12.1 Å². The Morgan fingerprint density at radius 1 is 1.45 bits per heavy atom. The highest BCUT2D eigenvalue weighted by Crippen LogP contribution is 2.00. The first-order chi connectivity index (χ1) is 5.20. The molecule has 2 nitrogen and oxygen atoms in total. The van der Waals surface area contributed by atoms with Gasteiger partial charge in [-0.1, -0.05) is 19.8 Å². The molecular formula is C9H18N2. The third kappa shape index (κ3) is 5.87. The Kier molecular flexibility index (Phi) is 5.87. The van der Waals surface area contributed by atoms with Gasteiger partial charge in [0.1, 0.15) is 0 Å². The van der Waals surface area contributed by atoms with Crippen molar-refractivity contribution in [2.45, 2.75) is 52.1 Å². The van der Waals surface area contributed by atoms with Crippen molar-refractivity contribution in [3.63, 3.8) is 0 Å². The Balaban J connectivity index is 3.52. The summed E-state index contributed by atoms with van der Waals surface area (Å²) in [6, 6.07) is 2.72. The summed E-state index contributed by atoms with van der Waals surface area (Å²) in [6.45, 7) is 6.27. The molecule has 0 saturated carbocycles. The molecule has 0 radical (unpaired) electrons. The molecule has 1 atom stereocenters. The van der Waals surface area contributed by atoms with Gasteiger partial charge in [0.25, 0.3) is 0 Å². The van der Waals surface area contributed by atoms with Crippen LogP contribution in [0.15, 0.2) is 0 Å². The van der Waals surface area contributed by atoms with Gasteiger partial charge in [0.2, 0.25) is 0 Å². The zero-order valence-electron chi connectivity index (χ0n) is 7.72. The maximum absolute atomic E-state index is 8.69. The standard InChI is InChI=1S/C9H18N2/c1-4-5-6-9(7-10)11-8(2)3/h8-9,11H,4-6H2,1-3H3. The van der Waals surface area contributed by atoms with E-state index >= 15 is 0 Å². The summed E-state index contributed by atoms with van der Waals surface area (Å²) in [4.78, 5) is 0. The molecule has 0 rings (SSSR count). The third-order valence-corrected chi connectivity index (χ3v) is 1.54. The van der Waals surface area contributed by atoms with Crippen LogP contribution in [0.1, 0.15) is 40.0 Å². The fourth-order valence-electron chi connectivity index (χ4n) is 0.996. The van der Waals surface area contributed by atoms with Crippen molar-refractivity contribution < 1.29 is 0 Å². The van der Waals surface area contributed by atoms with Gasteiger partial charge in [-0.15, -0.1) is 0 Å². The Hall–Kier alpha value is -0.550. The Morgan fingerprint density at radius 2 is 2.09 bits per heavy atom. The van der Waals surface area contributed by atoms with E-state index in [9.17, 15) is 0 Å². The average Bonchev–Trinajstić information content (AvgIpc) is 1.97. The van der Waals surface area contributed by atoms with Crippen LogP contribution in [-0.2, 0) is 0 Å². The van der Waals surface area contributed by atoms with Crippen LogP contribution in [0, 0.1) is 11.3 Å². The molecule has 0 aromatic rings. The lowest BCUT2D eigenvalue weighted by Gasteiger charge is -2.13. The van der Waals surface area contributed by atoms with Gasteiger partial charge in [-0.25, -0.2) is 0 Å². The van der Waals surface area contributed by atoms with Gasteiger partial charge in [0.05, 0.1) is 12.1 Å². The lowest BCUT2D eigenvalue weighted by molar-refractivity contribution is 0.492. The zero-order chi connectivity index (χ0) is 8.69. The summed E-state index contributed by atoms with van der Waals surface area (Å²) in [5.74, 6) is 0. The van der Waals surface area contributed by atoms with E-state index in [2.05, 4.69) is 32.2 Å². The molecule has 0 aliphatic heterocycles. The minimum atomic E-state index is 0.0509. The van der Waals surface area contributed by atoms with Crippen molar-refractivity contribution in [1.29, 1.82) is 5.26 Å². The van der Waals surface area contributed by atoms with Crippen LogP contribution >= 0.6 is 0 Å². The first kappa shape index (κ1) is 10.4.